The van der Waals surface area contributed by atoms with Gasteiger partial charge >= 0.3 is 5.97 Å². The average Bonchev–Trinajstić information content (AvgIpc) is 2.35. The Morgan fingerprint density at radius 2 is 2.06 bits per heavy atom. The maximum Gasteiger partial charge on any atom is 0.328 e. The van der Waals surface area contributed by atoms with Crippen LogP contribution in [-0.4, -0.2) is 17.7 Å². The van der Waals surface area contributed by atoms with E-state index >= 15 is 0 Å². The molecule has 0 amide bonds. The van der Waals surface area contributed by atoms with Crippen molar-refractivity contribution in [3.8, 4) is 5.75 Å². The molecule has 0 radical (unpaired) electrons. The number of aliphatic carboxylic acids is 1. The molecular formula is C15H20O3. The van der Waals surface area contributed by atoms with Crippen molar-refractivity contribution < 1.29 is 14.6 Å². The standard InChI is InChI=1S/C15H20O3/c1-3-4-12(2)11-18-14-8-5-13(6-9-14)7-10-15(16)17/h5-10,12H,3-4,11H2,1-2H3,(H,16,17)/b10-7+. The Morgan fingerprint density at radius 1 is 1.39 bits per heavy atom. The zero-order valence-corrected chi connectivity index (χ0v) is 10.9. The van der Waals surface area contributed by atoms with Crippen molar-refractivity contribution in [1.29, 1.82) is 0 Å². The SMILES string of the molecule is CCCC(C)COc1ccc(/C=C/C(=O)O)cc1. The molecule has 0 heterocycles. The van der Waals surface area contributed by atoms with Crippen LogP contribution in [-0.2, 0) is 4.79 Å². The zero-order valence-electron chi connectivity index (χ0n) is 10.9. The predicted octanol–water partition coefficient (Wildman–Crippen LogP) is 3.60. The van der Waals surface area contributed by atoms with E-state index in [0.29, 0.717) is 5.92 Å². The van der Waals surface area contributed by atoms with Crippen molar-refractivity contribution in [1.82, 2.24) is 0 Å². The van der Waals surface area contributed by atoms with Gasteiger partial charge in [0.25, 0.3) is 0 Å². The average molecular weight is 248 g/mol. The van der Waals surface area contributed by atoms with Crippen LogP contribution in [0, 0.1) is 5.92 Å². The summed E-state index contributed by atoms with van der Waals surface area (Å²) < 4.78 is 5.66. The van der Waals surface area contributed by atoms with Crippen molar-refractivity contribution in [3.05, 3.63) is 35.9 Å². The first-order valence-electron chi connectivity index (χ1n) is 6.25. The van der Waals surface area contributed by atoms with Gasteiger partial charge in [0.15, 0.2) is 0 Å². The zero-order chi connectivity index (χ0) is 13.4. The highest BCUT2D eigenvalue weighted by molar-refractivity contribution is 5.85. The molecule has 3 heteroatoms. The van der Waals surface area contributed by atoms with E-state index in [1.807, 2.05) is 24.3 Å². The van der Waals surface area contributed by atoms with Crippen LogP contribution >= 0.6 is 0 Å². The van der Waals surface area contributed by atoms with Crippen molar-refractivity contribution >= 4 is 12.0 Å². The van der Waals surface area contributed by atoms with Gasteiger partial charge < -0.3 is 9.84 Å². The number of carboxylic acids is 1. The predicted molar refractivity (Wildman–Crippen MR) is 72.7 cm³/mol. The fourth-order valence-corrected chi connectivity index (χ4v) is 1.66. The molecule has 1 aromatic rings. The van der Waals surface area contributed by atoms with Crippen LogP contribution in [0.3, 0.4) is 0 Å². The van der Waals surface area contributed by atoms with Gasteiger partial charge in [0.2, 0.25) is 0 Å². The molecule has 1 unspecified atom stereocenters. The molecule has 1 atom stereocenters. The Balaban J connectivity index is 2.47. The monoisotopic (exact) mass is 248 g/mol. The van der Waals surface area contributed by atoms with E-state index in [1.54, 1.807) is 6.08 Å². The lowest BCUT2D eigenvalue weighted by atomic mass is 10.1. The van der Waals surface area contributed by atoms with Crippen molar-refractivity contribution in [2.45, 2.75) is 26.7 Å². The van der Waals surface area contributed by atoms with E-state index in [2.05, 4.69) is 13.8 Å². The molecular weight excluding hydrogens is 228 g/mol. The molecule has 0 aliphatic carbocycles. The maximum absolute atomic E-state index is 10.4. The molecule has 0 saturated carbocycles. The van der Waals surface area contributed by atoms with Crippen LogP contribution in [0.25, 0.3) is 6.08 Å². The summed E-state index contributed by atoms with van der Waals surface area (Å²) in [6, 6.07) is 7.42. The summed E-state index contributed by atoms with van der Waals surface area (Å²) in [5, 5.41) is 8.51. The molecule has 3 nitrogen and oxygen atoms in total. The smallest absolute Gasteiger partial charge is 0.328 e. The van der Waals surface area contributed by atoms with Crippen LogP contribution in [0.1, 0.15) is 32.3 Å². The number of carboxylic acid groups (broad SMARTS) is 1. The summed E-state index contributed by atoms with van der Waals surface area (Å²) >= 11 is 0. The van der Waals surface area contributed by atoms with Crippen molar-refractivity contribution in [3.63, 3.8) is 0 Å². The number of carbonyl (C=O) groups is 1. The number of rotatable bonds is 7. The minimum Gasteiger partial charge on any atom is -0.493 e. The second kappa shape index (κ2) is 7.54. The summed E-state index contributed by atoms with van der Waals surface area (Å²) in [4.78, 5) is 10.4. The van der Waals surface area contributed by atoms with E-state index in [1.165, 1.54) is 12.8 Å². The fraction of sp³-hybridized carbons (Fsp3) is 0.400. The molecule has 1 rings (SSSR count). The summed E-state index contributed by atoms with van der Waals surface area (Å²) in [6.45, 7) is 5.06. The van der Waals surface area contributed by atoms with Gasteiger partial charge in [-0.2, -0.15) is 0 Å². The van der Waals surface area contributed by atoms with Crippen LogP contribution < -0.4 is 4.74 Å². The van der Waals surface area contributed by atoms with Gasteiger partial charge in [-0.05, 0) is 36.1 Å². The summed E-state index contributed by atoms with van der Waals surface area (Å²) in [7, 11) is 0. The first kappa shape index (κ1) is 14.3. The minimum absolute atomic E-state index is 0.557. The molecule has 0 aromatic heterocycles. The quantitative estimate of drug-likeness (QED) is 0.750. The van der Waals surface area contributed by atoms with E-state index < -0.39 is 5.97 Å². The second-order valence-corrected chi connectivity index (χ2v) is 4.45. The van der Waals surface area contributed by atoms with Crippen LogP contribution in [0.5, 0.6) is 5.75 Å². The minimum atomic E-state index is -0.941. The summed E-state index contributed by atoms with van der Waals surface area (Å²) in [5.74, 6) is 0.440. The van der Waals surface area contributed by atoms with Gasteiger partial charge in [-0.1, -0.05) is 32.4 Å². The molecule has 0 saturated heterocycles. The van der Waals surface area contributed by atoms with Crippen LogP contribution in [0.15, 0.2) is 30.3 Å². The molecule has 1 N–H and O–H groups in total. The molecule has 98 valence electrons. The Labute approximate surface area is 108 Å². The highest BCUT2D eigenvalue weighted by atomic mass is 16.5. The summed E-state index contributed by atoms with van der Waals surface area (Å²) in [6.07, 6.45) is 5.02. The summed E-state index contributed by atoms with van der Waals surface area (Å²) in [5.41, 5.74) is 0.853. The number of ether oxygens (including phenoxy) is 1. The van der Waals surface area contributed by atoms with Crippen LogP contribution in [0.2, 0.25) is 0 Å². The van der Waals surface area contributed by atoms with Gasteiger partial charge in [-0.15, -0.1) is 0 Å². The molecule has 0 fully saturated rings. The molecule has 0 aliphatic heterocycles. The second-order valence-electron chi connectivity index (χ2n) is 4.45. The van der Waals surface area contributed by atoms with E-state index in [-0.39, 0.29) is 0 Å². The highest BCUT2D eigenvalue weighted by Crippen LogP contribution is 2.15. The third-order valence-corrected chi connectivity index (χ3v) is 2.61. The molecule has 18 heavy (non-hydrogen) atoms. The molecule has 0 spiro atoms. The lowest BCUT2D eigenvalue weighted by molar-refractivity contribution is -0.131. The van der Waals surface area contributed by atoms with Gasteiger partial charge in [-0.3, -0.25) is 0 Å². The van der Waals surface area contributed by atoms with Gasteiger partial charge in [-0.25, -0.2) is 4.79 Å². The van der Waals surface area contributed by atoms with E-state index in [4.69, 9.17) is 9.84 Å². The third kappa shape index (κ3) is 5.53. The molecule has 0 aliphatic rings. The molecule has 0 bridgehead atoms. The topological polar surface area (TPSA) is 46.5 Å². The highest BCUT2D eigenvalue weighted by Gasteiger charge is 2.01. The van der Waals surface area contributed by atoms with Crippen molar-refractivity contribution in [2.75, 3.05) is 6.61 Å². The first-order valence-corrected chi connectivity index (χ1v) is 6.25. The van der Waals surface area contributed by atoms with Gasteiger partial charge in [0.1, 0.15) is 5.75 Å². The fourth-order valence-electron chi connectivity index (χ4n) is 1.66. The molecule has 1 aromatic carbocycles. The maximum atomic E-state index is 10.4. The first-order chi connectivity index (χ1) is 8.61. The largest absolute Gasteiger partial charge is 0.493 e. The van der Waals surface area contributed by atoms with E-state index in [9.17, 15) is 4.79 Å². The Hall–Kier alpha value is -1.77. The number of benzene rings is 1. The Bertz CT molecular complexity index is 393. The number of hydrogen-bond donors (Lipinski definition) is 1. The van der Waals surface area contributed by atoms with Crippen LogP contribution in [0.4, 0.5) is 0 Å². The normalized spacial score (nSPS) is 12.6. The van der Waals surface area contributed by atoms with Gasteiger partial charge in [0, 0.05) is 6.08 Å². The van der Waals surface area contributed by atoms with Gasteiger partial charge in [0.05, 0.1) is 6.61 Å². The lowest BCUT2D eigenvalue weighted by Crippen LogP contribution is -2.07. The number of hydrogen-bond acceptors (Lipinski definition) is 2. The lowest BCUT2D eigenvalue weighted by Gasteiger charge is -2.12. The third-order valence-electron chi connectivity index (χ3n) is 2.61. The van der Waals surface area contributed by atoms with Crippen molar-refractivity contribution in [2.24, 2.45) is 5.92 Å². The Kier molecular flexibility index (Phi) is 5.98. The van der Waals surface area contributed by atoms with E-state index in [0.717, 1.165) is 24.0 Å². The Morgan fingerprint density at radius 3 is 2.61 bits per heavy atom.